The number of carbonyl (C=O) groups is 1. The van der Waals surface area contributed by atoms with E-state index in [1.807, 2.05) is 18.2 Å². The first-order chi connectivity index (χ1) is 8.45. The molecule has 0 bridgehead atoms. The van der Waals surface area contributed by atoms with Gasteiger partial charge in [0, 0.05) is 20.3 Å². The Labute approximate surface area is 133 Å². The molecule has 18 heavy (non-hydrogen) atoms. The van der Waals surface area contributed by atoms with Crippen molar-refractivity contribution in [2.45, 2.75) is 26.3 Å². The quantitative estimate of drug-likeness (QED) is 0.656. The molecule has 0 aliphatic carbocycles. The highest BCUT2D eigenvalue weighted by molar-refractivity contribution is 9.11. The van der Waals surface area contributed by atoms with E-state index in [1.165, 1.54) is 0 Å². The average molecular weight is 442 g/mol. The van der Waals surface area contributed by atoms with Gasteiger partial charge in [-0.05, 0) is 46.5 Å². The lowest BCUT2D eigenvalue weighted by atomic mass is 10.0. The Morgan fingerprint density at radius 2 is 2.00 bits per heavy atom. The molecule has 0 spiro atoms. The summed E-state index contributed by atoms with van der Waals surface area (Å²) >= 11 is 10.2. The Balaban J connectivity index is 2.80. The van der Waals surface area contributed by atoms with Crippen molar-refractivity contribution >= 4 is 53.7 Å². The van der Waals surface area contributed by atoms with Gasteiger partial charge in [-0.1, -0.05) is 45.7 Å². The normalized spacial score (nSPS) is 12.6. The molecule has 1 atom stereocenters. The molecule has 1 rings (SSSR count). The van der Waals surface area contributed by atoms with Crippen LogP contribution in [0, 0.1) is 5.92 Å². The highest BCUT2D eigenvalue weighted by Gasteiger charge is 2.18. The summed E-state index contributed by atoms with van der Waals surface area (Å²) in [4.78, 5) is 12.2. The lowest BCUT2D eigenvalue weighted by Gasteiger charge is -2.21. The molecule has 1 aromatic rings. The van der Waals surface area contributed by atoms with Gasteiger partial charge in [-0.25, -0.2) is 0 Å². The molecule has 1 N–H and O–H groups in total. The van der Waals surface area contributed by atoms with Crippen molar-refractivity contribution in [2.75, 3.05) is 5.33 Å². The molecule has 0 saturated heterocycles. The molecule has 5 heteroatoms. The molecule has 1 amide bonds. The zero-order valence-corrected chi connectivity index (χ0v) is 15.1. The van der Waals surface area contributed by atoms with Crippen molar-refractivity contribution in [1.82, 2.24) is 5.32 Å². The average Bonchev–Trinajstić information content (AvgIpc) is 2.27. The van der Waals surface area contributed by atoms with E-state index < -0.39 is 0 Å². The summed E-state index contributed by atoms with van der Waals surface area (Å²) < 4.78 is 1.75. The van der Waals surface area contributed by atoms with Crippen molar-refractivity contribution < 1.29 is 4.79 Å². The van der Waals surface area contributed by atoms with Gasteiger partial charge in [-0.15, -0.1) is 0 Å². The Morgan fingerprint density at radius 1 is 1.33 bits per heavy atom. The molecular weight excluding hydrogens is 426 g/mol. The first-order valence-corrected chi connectivity index (χ1v) is 8.48. The molecule has 100 valence electrons. The highest BCUT2D eigenvalue weighted by Crippen LogP contribution is 2.22. The number of alkyl halides is 1. The van der Waals surface area contributed by atoms with Crippen LogP contribution in [-0.4, -0.2) is 17.3 Å². The van der Waals surface area contributed by atoms with Gasteiger partial charge in [0.1, 0.15) is 0 Å². The number of halogens is 3. The van der Waals surface area contributed by atoms with Gasteiger partial charge in [-0.2, -0.15) is 0 Å². The van der Waals surface area contributed by atoms with E-state index in [0.29, 0.717) is 11.5 Å². The standard InChI is InChI=1S/C13H16Br3NO/c1-8(2)12(5-6-14)17-13(18)10-4-3-9(15)7-11(10)16/h3-4,7-8,12H,5-6H2,1-2H3,(H,17,18). The van der Waals surface area contributed by atoms with E-state index in [-0.39, 0.29) is 11.9 Å². The third kappa shape index (κ3) is 4.67. The first kappa shape index (κ1) is 16.2. The summed E-state index contributed by atoms with van der Waals surface area (Å²) in [6, 6.07) is 5.75. The Kier molecular flexibility index (Phi) is 6.88. The largest absolute Gasteiger partial charge is 0.349 e. The van der Waals surface area contributed by atoms with Crippen LogP contribution in [0.25, 0.3) is 0 Å². The van der Waals surface area contributed by atoms with Crippen molar-refractivity contribution in [3.63, 3.8) is 0 Å². The minimum absolute atomic E-state index is 0.0333. The Morgan fingerprint density at radius 3 is 2.50 bits per heavy atom. The second-order valence-corrected chi connectivity index (χ2v) is 6.99. The molecule has 1 unspecified atom stereocenters. The summed E-state index contributed by atoms with van der Waals surface area (Å²) in [5, 5.41) is 3.97. The number of nitrogens with one attached hydrogen (secondary N) is 1. The van der Waals surface area contributed by atoms with Crippen LogP contribution in [0.2, 0.25) is 0 Å². The van der Waals surface area contributed by atoms with Crippen LogP contribution in [0.4, 0.5) is 0 Å². The molecular formula is C13H16Br3NO. The maximum atomic E-state index is 12.2. The number of hydrogen-bond donors (Lipinski definition) is 1. The molecule has 0 saturated carbocycles. The Hall–Kier alpha value is 0.130. The number of rotatable bonds is 5. The van der Waals surface area contributed by atoms with Crippen molar-refractivity contribution in [2.24, 2.45) is 5.92 Å². The lowest BCUT2D eigenvalue weighted by Crippen LogP contribution is -2.39. The van der Waals surface area contributed by atoms with E-state index in [4.69, 9.17) is 0 Å². The fraction of sp³-hybridized carbons (Fsp3) is 0.462. The molecule has 0 aromatic heterocycles. The minimum Gasteiger partial charge on any atom is -0.349 e. The SMILES string of the molecule is CC(C)C(CCBr)NC(=O)c1ccc(Br)cc1Br. The van der Waals surface area contributed by atoms with Crippen LogP contribution in [0.3, 0.4) is 0 Å². The maximum Gasteiger partial charge on any atom is 0.252 e. The van der Waals surface area contributed by atoms with Crippen LogP contribution < -0.4 is 5.32 Å². The summed E-state index contributed by atoms with van der Waals surface area (Å²) in [7, 11) is 0. The van der Waals surface area contributed by atoms with Gasteiger partial charge >= 0.3 is 0 Å². The van der Waals surface area contributed by atoms with Gasteiger partial charge in [0.15, 0.2) is 0 Å². The number of amides is 1. The van der Waals surface area contributed by atoms with Crippen LogP contribution >= 0.6 is 47.8 Å². The predicted octanol–water partition coefficient (Wildman–Crippen LogP) is 4.75. The number of carbonyl (C=O) groups excluding carboxylic acids is 1. The summed E-state index contributed by atoms with van der Waals surface area (Å²) in [6.07, 6.45) is 0.928. The van der Waals surface area contributed by atoms with Gasteiger partial charge in [0.2, 0.25) is 0 Å². The van der Waals surface area contributed by atoms with Crippen LogP contribution in [0.1, 0.15) is 30.6 Å². The van der Waals surface area contributed by atoms with E-state index in [0.717, 1.165) is 20.7 Å². The fourth-order valence-corrected chi connectivity index (χ4v) is 3.33. The monoisotopic (exact) mass is 439 g/mol. The van der Waals surface area contributed by atoms with Gasteiger partial charge in [-0.3, -0.25) is 4.79 Å². The van der Waals surface area contributed by atoms with Gasteiger partial charge < -0.3 is 5.32 Å². The second-order valence-electron chi connectivity index (χ2n) is 4.43. The summed E-state index contributed by atoms with van der Waals surface area (Å²) in [6.45, 7) is 4.23. The molecule has 2 nitrogen and oxygen atoms in total. The van der Waals surface area contributed by atoms with E-state index >= 15 is 0 Å². The second kappa shape index (κ2) is 7.65. The topological polar surface area (TPSA) is 29.1 Å². The summed E-state index contributed by atoms with van der Waals surface area (Å²) in [5.74, 6) is 0.384. The molecule has 0 heterocycles. The van der Waals surface area contributed by atoms with Crippen LogP contribution in [-0.2, 0) is 0 Å². The van der Waals surface area contributed by atoms with Crippen molar-refractivity contribution in [1.29, 1.82) is 0 Å². The molecule has 0 aliphatic rings. The highest BCUT2D eigenvalue weighted by atomic mass is 79.9. The Bertz CT molecular complexity index is 421. The fourth-order valence-electron chi connectivity index (χ4n) is 1.61. The lowest BCUT2D eigenvalue weighted by molar-refractivity contribution is 0.0924. The maximum absolute atomic E-state index is 12.2. The van der Waals surface area contributed by atoms with E-state index in [1.54, 1.807) is 0 Å². The molecule has 0 radical (unpaired) electrons. The van der Waals surface area contributed by atoms with Crippen molar-refractivity contribution in [3.05, 3.63) is 32.7 Å². The van der Waals surface area contributed by atoms with E-state index in [9.17, 15) is 4.79 Å². The van der Waals surface area contributed by atoms with Gasteiger partial charge in [0.25, 0.3) is 5.91 Å². The van der Waals surface area contributed by atoms with Crippen molar-refractivity contribution in [3.8, 4) is 0 Å². The molecule has 0 fully saturated rings. The summed E-state index contributed by atoms with van der Waals surface area (Å²) in [5.41, 5.74) is 0.665. The molecule has 1 aromatic carbocycles. The third-order valence-corrected chi connectivity index (χ3v) is 4.32. The number of benzene rings is 1. The van der Waals surface area contributed by atoms with Gasteiger partial charge in [0.05, 0.1) is 5.56 Å². The van der Waals surface area contributed by atoms with E-state index in [2.05, 4.69) is 67.0 Å². The predicted molar refractivity (Wildman–Crippen MR) is 86.3 cm³/mol. The van der Waals surface area contributed by atoms with Crippen LogP contribution in [0.15, 0.2) is 27.1 Å². The molecule has 0 aliphatic heterocycles. The zero-order chi connectivity index (χ0) is 13.7. The minimum atomic E-state index is -0.0333. The third-order valence-electron chi connectivity index (χ3n) is 2.72. The van der Waals surface area contributed by atoms with Crippen LogP contribution in [0.5, 0.6) is 0 Å². The number of hydrogen-bond acceptors (Lipinski definition) is 1. The first-order valence-electron chi connectivity index (χ1n) is 5.77. The zero-order valence-electron chi connectivity index (χ0n) is 10.3. The smallest absolute Gasteiger partial charge is 0.252 e.